The second-order valence-corrected chi connectivity index (χ2v) is 14.8. The van der Waals surface area contributed by atoms with Crippen LogP contribution in [0.2, 0.25) is 0 Å². The molecular weight excluding hydrogens is 767 g/mol. The van der Waals surface area contributed by atoms with E-state index in [1.807, 2.05) is 84.9 Å². The number of rotatable bonds is 0. The number of H-pyrrole nitrogens is 1. The van der Waals surface area contributed by atoms with Crippen LogP contribution < -0.4 is 26.2 Å². The summed E-state index contributed by atoms with van der Waals surface area (Å²) in [6.45, 7) is 11.4. The van der Waals surface area contributed by atoms with Gasteiger partial charge in [0.05, 0.1) is 22.9 Å². The molecule has 6 aromatic carbocycles. The number of aromatic amines is 1. The predicted octanol–water partition coefficient (Wildman–Crippen LogP) is 11.7. The van der Waals surface area contributed by atoms with Gasteiger partial charge < -0.3 is 25.7 Å². The van der Waals surface area contributed by atoms with Gasteiger partial charge in [-0.05, 0) is 95.3 Å². The molecule has 2 aliphatic carbocycles. The van der Waals surface area contributed by atoms with E-state index in [2.05, 4.69) is 118 Å². The molecule has 0 fully saturated rings. The maximum Gasteiger partial charge on any atom is 0.258 e. The number of benzene rings is 6. The molecule has 7 aromatic rings. The summed E-state index contributed by atoms with van der Waals surface area (Å²) in [6, 6.07) is 48.1. The molecule has 0 spiro atoms. The Morgan fingerprint density at radius 3 is 1.69 bits per heavy atom. The van der Waals surface area contributed by atoms with Crippen LogP contribution in [0, 0.1) is 0 Å². The quantitative estimate of drug-likeness (QED) is 0.121. The fourth-order valence-corrected chi connectivity index (χ4v) is 7.17. The number of ketones is 1. The fraction of sp³-hybridized carbons (Fsp3) is 0.0926. The zero-order valence-electron chi connectivity index (χ0n) is 34.6. The lowest BCUT2D eigenvalue weighted by atomic mass is 9.97. The standard InChI is InChI=1S/C10H8O.C10H10.2C9H9N.C8H6N2O.C8H7NO/c11-10-6-5-8-3-1-2-4-9(8)7-10;1-2-6-10-8-4-3-7-9(10)5-1;2*1-7-6-8-4-2-3-5-9(8)10-7;11-8-6-3-1-2-4-7(6)9-5-10-8;1-6-9-7-4-2-3-5-8(7)10-6/h1-6H,7H2;1-3,5-7H,4,8H2;2*2-5,10H,1,6H2;1-5H,(H,9,10,11);2-5,9H,1H2. The molecule has 0 unspecified atom stereocenters. The van der Waals surface area contributed by atoms with Gasteiger partial charge in [-0.2, -0.15) is 0 Å². The van der Waals surface area contributed by atoms with Gasteiger partial charge in [-0.1, -0.05) is 141 Å². The van der Waals surface area contributed by atoms with Gasteiger partial charge in [0.2, 0.25) is 0 Å². The number of hydrogen-bond acceptors (Lipinski definition) is 7. The summed E-state index contributed by atoms with van der Waals surface area (Å²) in [5, 5.41) is 10.0. The maximum absolute atomic E-state index is 11.1. The largest absolute Gasteiger partial charge is 0.440 e. The van der Waals surface area contributed by atoms with Crippen LogP contribution in [0.25, 0.3) is 23.1 Å². The van der Waals surface area contributed by atoms with E-state index in [1.54, 1.807) is 12.1 Å². The monoisotopic (exact) mass is 815 g/mol. The molecule has 0 saturated carbocycles. The van der Waals surface area contributed by atoms with Crippen LogP contribution in [0.4, 0.5) is 17.1 Å². The minimum atomic E-state index is -0.0874. The van der Waals surface area contributed by atoms with Crippen molar-refractivity contribution in [2.24, 2.45) is 0 Å². The Bertz CT molecular complexity index is 2620. The first-order valence-electron chi connectivity index (χ1n) is 20.5. The first-order chi connectivity index (χ1) is 30.3. The van der Waals surface area contributed by atoms with Gasteiger partial charge in [0, 0.05) is 42.0 Å². The molecule has 0 radical (unpaired) electrons. The zero-order valence-corrected chi connectivity index (χ0v) is 34.6. The third-order valence-electron chi connectivity index (χ3n) is 10.2. The second kappa shape index (κ2) is 20.8. The van der Waals surface area contributed by atoms with Crippen molar-refractivity contribution >= 4 is 45.9 Å². The van der Waals surface area contributed by atoms with E-state index in [0.717, 1.165) is 46.8 Å². The van der Waals surface area contributed by atoms with Gasteiger partial charge in [0.25, 0.3) is 5.56 Å². The summed E-state index contributed by atoms with van der Waals surface area (Å²) < 4.78 is 5.20. The lowest BCUT2D eigenvalue weighted by molar-refractivity contribution is -0.114. The Balaban J connectivity index is 0.000000112. The first kappa shape index (κ1) is 42.2. The average Bonchev–Trinajstić information content (AvgIpc) is 4.01. The molecule has 0 saturated heterocycles. The topological polar surface area (TPSA) is 108 Å². The highest BCUT2D eigenvalue weighted by Gasteiger charge is 2.13. The number of fused-ring (bicyclic) bond motifs is 6. The third kappa shape index (κ3) is 11.6. The molecule has 8 heteroatoms. The number of aromatic nitrogens is 2. The van der Waals surface area contributed by atoms with Gasteiger partial charge in [0.1, 0.15) is 0 Å². The van der Waals surface area contributed by atoms with Gasteiger partial charge in [-0.15, -0.1) is 0 Å². The lowest BCUT2D eigenvalue weighted by Crippen LogP contribution is -2.05. The highest BCUT2D eigenvalue weighted by atomic mass is 16.5. The molecule has 3 aliphatic heterocycles. The van der Waals surface area contributed by atoms with E-state index >= 15 is 0 Å². The van der Waals surface area contributed by atoms with E-state index in [-0.39, 0.29) is 11.3 Å². The Kier molecular flexibility index (Phi) is 14.2. The van der Waals surface area contributed by atoms with Crippen molar-refractivity contribution in [3.8, 4) is 5.75 Å². The van der Waals surface area contributed by atoms with Crippen molar-refractivity contribution in [3.05, 3.63) is 245 Å². The molecule has 4 N–H and O–H groups in total. The molecule has 0 atom stereocenters. The minimum absolute atomic E-state index is 0.0874. The summed E-state index contributed by atoms with van der Waals surface area (Å²) in [4.78, 5) is 28.5. The fourth-order valence-electron chi connectivity index (χ4n) is 7.17. The smallest absolute Gasteiger partial charge is 0.258 e. The molecule has 0 bridgehead atoms. The van der Waals surface area contributed by atoms with E-state index in [0.29, 0.717) is 17.7 Å². The summed E-state index contributed by atoms with van der Waals surface area (Å²) in [7, 11) is 0. The second-order valence-electron chi connectivity index (χ2n) is 14.8. The Morgan fingerprint density at radius 1 is 0.516 bits per heavy atom. The molecule has 5 aliphatic rings. The van der Waals surface area contributed by atoms with Crippen molar-refractivity contribution in [1.82, 2.24) is 9.97 Å². The van der Waals surface area contributed by atoms with Crippen LogP contribution >= 0.6 is 0 Å². The van der Waals surface area contributed by atoms with Crippen LogP contribution in [0.15, 0.2) is 206 Å². The number of allylic oxidation sites excluding steroid dienone is 4. The Hall–Kier alpha value is -7.97. The van der Waals surface area contributed by atoms with Crippen LogP contribution in [0.5, 0.6) is 5.75 Å². The number of ether oxygens (including phenoxy) is 1. The van der Waals surface area contributed by atoms with E-state index in [9.17, 15) is 9.59 Å². The predicted molar refractivity (Wildman–Crippen MR) is 256 cm³/mol. The highest BCUT2D eigenvalue weighted by Crippen LogP contribution is 2.31. The number of nitrogens with zero attached hydrogens (tertiary/aromatic N) is 1. The Labute approximate surface area is 362 Å². The molecular formula is C54H49N5O3. The summed E-state index contributed by atoms with van der Waals surface area (Å²) in [5.74, 6) is 1.65. The van der Waals surface area contributed by atoms with E-state index in [1.165, 1.54) is 58.4 Å². The van der Waals surface area contributed by atoms with Gasteiger partial charge >= 0.3 is 0 Å². The van der Waals surface area contributed by atoms with Crippen LogP contribution in [-0.2, 0) is 30.5 Å². The van der Waals surface area contributed by atoms with E-state index in [4.69, 9.17) is 4.74 Å². The molecule has 1 aromatic heterocycles. The van der Waals surface area contributed by atoms with Crippen LogP contribution in [0.1, 0.15) is 39.8 Å². The summed E-state index contributed by atoms with van der Waals surface area (Å²) >= 11 is 0. The highest BCUT2D eigenvalue weighted by molar-refractivity contribution is 5.98. The Morgan fingerprint density at radius 2 is 1.06 bits per heavy atom. The summed E-state index contributed by atoms with van der Waals surface area (Å²) in [5.41, 5.74) is 14.2. The van der Waals surface area contributed by atoms with Crippen molar-refractivity contribution in [2.75, 3.05) is 16.0 Å². The molecule has 308 valence electrons. The summed E-state index contributed by atoms with van der Waals surface area (Å²) in [6.07, 6.45) is 14.3. The first-order valence-corrected chi connectivity index (χ1v) is 20.5. The number of aryl methyl sites for hydroxylation is 1. The average molecular weight is 816 g/mol. The number of para-hydroxylation sites is 5. The zero-order chi connectivity index (χ0) is 43.1. The third-order valence-corrected chi connectivity index (χ3v) is 10.2. The molecule has 4 heterocycles. The number of carbonyl (C=O) groups excluding carboxylic acids is 1. The normalized spacial score (nSPS) is 13.7. The van der Waals surface area contributed by atoms with Crippen molar-refractivity contribution in [1.29, 1.82) is 0 Å². The van der Waals surface area contributed by atoms with E-state index < -0.39 is 0 Å². The number of carbonyl (C=O) groups is 1. The molecule has 12 rings (SSSR count). The SMILES string of the molecule is C1=Cc2ccccc2CC1.C=C1Cc2ccccc2N1.C=C1Cc2ccccc2N1.C=C1Nc2ccccc2O1.O=C1C=Cc2ccccc2C1.O=c1[nH]cnc2ccccc12. The lowest BCUT2D eigenvalue weighted by Gasteiger charge is -2.07. The minimum Gasteiger partial charge on any atom is -0.440 e. The van der Waals surface area contributed by atoms with Crippen molar-refractivity contribution < 1.29 is 9.53 Å². The van der Waals surface area contributed by atoms with Gasteiger partial charge in [0.15, 0.2) is 17.4 Å². The van der Waals surface area contributed by atoms with Crippen molar-refractivity contribution in [2.45, 2.75) is 32.1 Å². The van der Waals surface area contributed by atoms with Crippen LogP contribution in [-0.4, -0.2) is 15.8 Å². The number of nitrogens with one attached hydrogen (secondary N) is 4. The maximum atomic E-state index is 11.1. The van der Waals surface area contributed by atoms with Gasteiger partial charge in [-0.3, -0.25) is 9.59 Å². The van der Waals surface area contributed by atoms with Crippen LogP contribution in [0.3, 0.4) is 0 Å². The molecule has 62 heavy (non-hydrogen) atoms. The number of anilines is 3. The van der Waals surface area contributed by atoms with Gasteiger partial charge in [-0.25, -0.2) is 4.98 Å². The molecule has 0 amide bonds. The number of hydrogen-bond donors (Lipinski definition) is 4. The molecule has 8 nitrogen and oxygen atoms in total. The van der Waals surface area contributed by atoms with Crippen molar-refractivity contribution in [3.63, 3.8) is 0 Å².